The van der Waals surface area contributed by atoms with E-state index in [9.17, 15) is 9.18 Å². The van der Waals surface area contributed by atoms with E-state index in [2.05, 4.69) is 20.0 Å². The van der Waals surface area contributed by atoms with Crippen molar-refractivity contribution in [2.24, 2.45) is 5.92 Å². The lowest BCUT2D eigenvalue weighted by molar-refractivity contribution is -0.136. The molecule has 0 bridgehead atoms. The Morgan fingerprint density at radius 1 is 0.944 bits per heavy atom. The molecule has 2 aliphatic heterocycles. The maximum atomic E-state index is 13.5. The molecule has 36 heavy (non-hydrogen) atoms. The molecule has 2 saturated heterocycles. The highest BCUT2D eigenvalue weighted by molar-refractivity contribution is 6.31. The molecular weight excluding hydrogens is 481 g/mol. The summed E-state index contributed by atoms with van der Waals surface area (Å²) >= 11 is 5.93. The van der Waals surface area contributed by atoms with Crippen LogP contribution >= 0.6 is 11.6 Å². The summed E-state index contributed by atoms with van der Waals surface area (Å²) in [5.41, 5.74) is 2.56. The van der Waals surface area contributed by atoms with Crippen molar-refractivity contribution in [3.05, 3.63) is 65.4 Å². The van der Waals surface area contributed by atoms with E-state index >= 15 is 0 Å². The zero-order valence-electron chi connectivity index (χ0n) is 20.2. The molecule has 2 aliphatic rings. The first-order valence-corrected chi connectivity index (χ1v) is 12.6. The monoisotopic (exact) mass is 509 g/mol. The molecular formula is C27H29ClFN5O2. The fourth-order valence-corrected chi connectivity index (χ4v) is 5.15. The number of para-hydroxylation sites is 1. The normalized spacial score (nSPS) is 16.8. The molecule has 0 N–H and O–H groups in total. The van der Waals surface area contributed by atoms with Crippen LogP contribution in [0.15, 0.2) is 54.6 Å². The molecule has 188 valence electrons. The van der Waals surface area contributed by atoms with Crippen LogP contribution in [0.4, 0.5) is 15.9 Å². The SMILES string of the molecule is COc1ccccc1-c1ccc(N2CCC(C(=O)N3CCN(c4ccc(F)c(Cl)c4)CC3)CC2)nn1. The highest BCUT2D eigenvalue weighted by Gasteiger charge is 2.31. The summed E-state index contributed by atoms with van der Waals surface area (Å²) in [6.45, 7) is 4.27. The summed E-state index contributed by atoms with van der Waals surface area (Å²) < 4.78 is 18.9. The Kier molecular flexibility index (Phi) is 7.23. The number of piperidine rings is 1. The Bertz CT molecular complexity index is 1210. The maximum Gasteiger partial charge on any atom is 0.225 e. The first-order chi connectivity index (χ1) is 17.5. The minimum Gasteiger partial charge on any atom is -0.496 e. The van der Waals surface area contributed by atoms with Gasteiger partial charge in [-0.2, -0.15) is 0 Å². The Morgan fingerprint density at radius 2 is 1.69 bits per heavy atom. The van der Waals surface area contributed by atoms with Gasteiger partial charge in [0, 0.05) is 56.4 Å². The van der Waals surface area contributed by atoms with Gasteiger partial charge in [0.15, 0.2) is 5.82 Å². The van der Waals surface area contributed by atoms with Crippen molar-refractivity contribution >= 4 is 29.0 Å². The standard InChI is InChI=1S/C27H29ClFN5O2/c1-36-25-5-3-2-4-21(25)24-8-9-26(31-30-24)33-12-10-19(11-13-33)27(35)34-16-14-32(15-17-34)20-6-7-23(29)22(28)18-20/h2-9,18-19H,10-17H2,1H3. The Morgan fingerprint density at radius 3 is 2.36 bits per heavy atom. The number of methoxy groups -OCH3 is 1. The van der Waals surface area contributed by atoms with Crippen molar-refractivity contribution in [3.8, 4) is 17.0 Å². The molecule has 3 heterocycles. The summed E-state index contributed by atoms with van der Waals surface area (Å²) in [7, 11) is 1.65. The van der Waals surface area contributed by atoms with Gasteiger partial charge in [0.1, 0.15) is 11.6 Å². The van der Waals surface area contributed by atoms with Crippen molar-refractivity contribution in [1.29, 1.82) is 0 Å². The van der Waals surface area contributed by atoms with Crippen LogP contribution in [0.2, 0.25) is 5.02 Å². The van der Waals surface area contributed by atoms with Gasteiger partial charge >= 0.3 is 0 Å². The zero-order valence-corrected chi connectivity index (χ0v) is 21.0. The number of nitrogens with zero attached hydrogens (tertiary/aromatic N) is 5. The van der Waals surface area contributed by atoms with Crippen LogP contribution in [0.3, 0.4) is 0 Å². The number of carbonyl (C=O) groups is 1. The van der Waals surface area contributed by atoms with Gasteiger partial charge in [-0.3, -0.25) is 4.79 Å². The number of piperazine rings is 1. The van der Waals surface area contributed by atoms with Gasteiger partial charge in [0.2, 0.25) is 5.91 Å². The molecule has 0 spiro atoms. The molecule has 9 heteroatoms. The Balaban J connectivity index is 1.14. The van der Waals surface area contributed by atoms with E-state index in [1.807, 2.05) is 41.3 Å². The van der Waals surface area contributed by atoms with E-state index in [0.717, 1.165) is 54.4 Å². The summed E-state index contributed by atoms with van der Waals surface area (Å²) in [6.07, 6.45) is 1.59. The van der Waals surface area contributed by atoms with Gasteiger partial charge in [-0.15, -0.1) is 10.2 Å². The van der Waals surface area contributed by atoms with Crippen LogP contribution in [0.25, 0.3) is 11.3 Å². The molecule has 2 aromatic carbocycles. The highest BCUT2D eigenvalue weighted by Crippen LogP contribution is 2.30. The number of hydrogen-bond acceptors (Lipinski definition) is 6. The molecule has 0 saturated carbocycles. The van der Waals surface area contributed by atoms with Crippen LogP contribution in [0, 0.1) is 11.7 Å². The number of rotatable bonds is 5. The van der Waals surface area contributed by atoms with Crippen molar-refractivity contribution in [2.45, 2.75) is 12.8 Å². The first kappa shape index (κ1) is 24.3. The third-order valence-electron chi connectivity index (χ3n) is 7.06. The predicted molar refractivity (Wildman–Crippen MR) is 139 cm³/mol. The van der Waals surface area contributed by atoms with Crippen LogP contribution in [0.5, 0.6) is 5.75 Å². The van der Waals surface area contributed by atoms with Gasteiger partial charge in [-0.25, -0.2) is 4.39 Å². The zero-order chi connectivity index (χ0) is 25.1. The van der Waals surface area contributed by atoms with Crippen molar-refractivity contribution in [2.75, 3.05) is 56.2 Å². The number of hydrogen-bond donors (Lipinski definition) is 0. The van der Waals surface area contributed by atoms with E-state index in [0.29, 0.717) is 26.2 Å². The van der Waals surface area contributed by atoms with E-state index in [1.165, 1.54) is 6.07 Å². The Labute approximate surface area is 215 Å². The molecule has 0 radical (unpaired) electrons. The van der Waals surface area contributed by atoms with Gasteiger partial charge in [0.05, 0.1) is 17.8 Å². The molecule has 2 fully saturated rings. The average Bonchev–Trinajstić information content (AvgIpc) is 2.94. The third kappa shape index (κ3) is 5.09. The molecule has 1 amide bonds. The minimum atomic E-state index is -0.418. The van der Waals surface area contributed by atoms with Crippen LogP contribution < -0.4 is 14.5 Å². The van der Waals surface area contributed by atoms with E-state index < -0.39 is 5.82 Å². The predicted octanol–water partition coefficient (Wildman–Crippen LogP) is 4.51. The second-order valence-corrected chi connectivity index (χ2v) is 9.56. The van der Waals surface area contributed by atoms with Crippen molar-refractivity contribution in [1.82, 2.24) is 15.1 Å². The first-order valence-electron chi connectivity index (χ1n) is 12.2. The number of halogens is 2. The van der Waals surface area contributed by atoms with E-state index in [-0.39, 0.29) is 16.8 Å². The van der Waals surface area contributed by atoms with E-state index in [4.69, 9.17) is 16.3 Å². The van der Waals surface area contributed by atoms with Gasteiger partial charge < -0.3 is 19.4 Å². The van der Waals surface area contributed by atoms with Gasteiger partial charge in [-0.1, -0.05) is 23.7 Å². The number of benzene rings is 2. The molecule has 3 aromatic rings. The second-order valence-electron chi connectivity index (χ2n) is 9.15. The van der Waals surface area contributed by atoms with Crippen LogP contribution in [0.1, 0.15) is 12.8 Å². The summed E-state index contributed by atoms with van der Waals surface area (Å²) in [5.74, 6) is 1.42. The molecule has 1 aromatic heterocycles. The molecule has 7 nitrogen and oxygen atoms in total. The molecule has 0 unspecified atom stereocenters. The van der Waals surface area contributed by atoms with Crippen LogP contribution in [-0.2, 0) is 4.79 Å². The third-order valence-corrected chi connectivity index (χ3v) is 7.35. The smallest absolute Gasteiger partial charge is 0.225 e. The summed E-state index contributed by atoms with van der Waals surface area (Å²) in [5, 5.41) is 8.99. The average molecular weight is 510 g/mol. The minimum absolute atomic E-state index is 0.0221. The maximum absolute atomic E-state index is 13.5. The fourth-order valence-electron chi connectivity index (χ4n) is 4.97. The lowest BCUT2D eigenvalue weighted by atomic mass is 9.95. The number of aromatic nitrogens is 2. The van der Waals surface area contributed by atoms with Gasteiger partial charge in [-0.05, 0) is 55.3 Å². The second kappa shape index (κ2) is 10.7. The topological polar surface area (TPSA) is 61.8 Å². The number of ether oxygens (including phenoxy) is 1. The molecule has 0 aliphatic carbocycles. The number of amides is 1. The van der Waals surface area contributed by atoms with Crippen LogP contribution in [-0.4, -0.2) is 67.4 Å². The van der Waals surface area contributed by atoms with Crippen molar-refractivity contribution in [3.63, 3.8) is 0 Å². The molecule has 5 rings (SSSR count). The number of carbonyl (C=O) groups excluding carboxylic acids is 1. The lowest BCUT2D eigenvalue weighted by Crippen LogP contribution is -2.51. The fraction of sp³-hybridized carbons (Fsp3) is 0.370. The van der Waals surface area contributed by atoms with Crippen molar-refractivity contribution < 1.29 is 13.9 Å². The lowest BCUT2D eigenvalue weighted by Gasteiger charge is -2.39. The highest BCUT2D eigenvalue weighted by atomic mass is 35.5. The molecule has 0 atom stereocenters. The largest absolute Gasteiger partial charge is 0.496 e. The van der Waals surface area contributed by atoms with Gasteiger partial charge in [0.25, 0.3) is 0 Å². The van der Waals surface area contributed by atoms with E-state index in [1.54, 1.807) is 19.2 Å². The summed E-state index contributed by atoms with van der Waals surface area (Å²) in [6, 6.07) is 16.5. The number of anilines is 2. The Hall–Kier alpha value is -3.39. The quantitative estimate of drug-likeness (QED) is 0.504. The summed E-state index contributed by atoms with van der Waals surface area (Å²) in [4.78, 5) is 19.5.